The highest BCUT2D eigenvalue weighted by atomic mass is 35.5. The first-order chi connectivity index (χ1) is 13.9. The second kappa shape index (κ2) is 9.52. The highest BCUT2D eigenvalue weighted by molar-refractivity contribution is 8.15. The summed E-state index contributed by atoms with van der Waals surface area (Å²) in [5.41, 5.74) is 1.16. The van der Waals surface area contributed by atoms with Crippen LogP contribution in [0.3, 0.4) is 0 Å². The number of hydrogen-bond donors (Lipinski definition) is 1. The molecule has 2 amide bonds. The summed E-state index contributed by atoms with van der Waals surface area (Å²) < 4.78 is 5.45. The molecule has 29 heavy (non-hydrogen) atoms. The van der Waals surface area contributed by atoms with Gasteiger partial charge in [0.05, 0.1) is 22.3 Å². The van der Waals surface area contributed by atoms with Crippen LogP contribution in [0.5, 0.6) is 5.75 Å². The van der Waals surface area contributed by atoms with Crippen molar-refractivity contribution in [2.24, 2.45) is 4.99 Å². The number of benzene rings is 2. The number of amides is 2. The number of halogens is 2. The average molecular weight is 452 g/mol. The van der Waals surface area contributed by atoms with Crippen LogP contribution in [-0.2, 0) is 9.59 Å². The van der Waals surface area contributed by atoms with Crippen LogP contribution in [-0.4, -0.2) is 40.8 Å². The Morgan fingerprint density at radius 2 is 2.07 bits per heavy atom. The van der Waals surface area contributed by atoms with Crippen LogP contribution in [0.25, 0.3) is 0 Å². The van der Waals surface area contributed by atoms with Crippen molar-refractivity contribution in [3.8, 4) is 5.75 Å². The second-order valence-corrected chi connectivity index (χ2v) is 8.19. The summed E-state index contributed by atoms with van der Waals surface area (Å²) >= 11 is 13.2. The standard InChI is InChI=1S/C20H19Cl2N3O3S/c1-3-28-14-6-4-5-12(9-14)23-19(27)17-11-18(26)25(2)20(29-17)24-13-7-8-15(21)16(22)10-13/h4-10,17H,3,11H2,1-2H3,(H,23,27). The number of thioether (sulfide) groups is 1. The zero-order valence-electron chi connectivity index (χ0n) is 15.8. The minimum Gasteiger partial charge on any atom is -0.494 e. The van der Waals surface area contributed by atoms with Gasteiger partial charge in [0.1, 0.15) is 11.0 Å². The lowest BCUT2D eigenvalue weighted by molar-refractivity contribution is -0.128. The van der Waals surface area contributed by atoms with Gasteiger partial charge in [0, 0.05) is 25.2 Å². The predicted molar refractivity (Wildman–Crippen MR) is 119 cm³/mol. The summed E-state index contributed by atoms with van der Waals surface area (Å²) in [6.07, 6.45) is 0.0819. The Bertz CT molecular complexity index is 968. The number of nitrogens with one attached hydrogen (secondary N) is 1. The number of amidine groups is 1. The minimum absolute atomic E-state index is 0.0819. The first-order valence-corrected chi connectivity index (χ1v) is 10.5. The highest BCUT2D eigenvalue weighted by Crippen LogP contribution is 2.31. The molecule has 3 rings (SSSR count). The summed E-state index contributed by atoms with van der Waals surface area (Å²) in [5, 5.41) is 3.45. The van der Waals surface area contributed by atoms with Gasteiger partial charge in [-0.1, -0.05) is 41.0 Å². The molecule has 0 saturated carbocycles. The number of rotatable bonds is 5. The monoisotopic (exact) mass is 451 g/mol. The second-order valence-electron chi connectivity index (χ2n) is 6.21. The lowest BCUT2D eigenvalue weighted by atomic mass is 10.2. The molecule has 1 N–H and O–H groups in total. The third kappa shape index (κ3) is 5.44. The van der Waals surface area contributed by atoms with Crippen molar-refractivity contribution in [2.75, 3.05) is 19.0 Å². The SMILES string of the molecule is CCOc1cccc(NC(=O)C2CC(=O)N(C)C(=Nc3ccc(Cl)c(Cl)c3)S2)c1. The van der Waals surface area contributed by atoms with E-state index in [0.717, 1.165) is 0 Å². The minimum atomic E-state index is -0.601. The molecule has 0 bridgehead atoms. The van der Waals surface area contributed by atoms with E-state index in [9.17, 15) is 9.59 Å². The molecular formula is C20H19Cl2N3O3S. The van der Waals surface area contributed by atoms with E-state index in [4.69, 9.17) is 27.9 Å². The van der Waals surface area contributed by atoms with Crippen molar-refractivity contribution in [3.63, 3.8) is 0 Å². The predicted octanol–water partition coefficient (Wildman–Crippen LogP) is 4.98. The first kappa shape index (κ1) is 21.5. The van der Waals surface area contributed by atoms with Gasteiger partial charge in [-0.05, 0) is 37.3 Å². The molecule has 1 unspecified atom stereocenters. The molecule has 0 radical (unpaired) electrons. The Balaban J connectivity index is 1.77. The van der Waals surface area contributed by atoms with Crippen LogP contribution in [0, 0.1) is 0 Å². The molecule has 6 nitrogen and oxygen atoms in total. The Labute approximate surface area is 183 Å². The summed E-state index contributed by atoms with van der Waals surface area (Å²) in [6, 6.07) is 12.1. The number of hydrogen-bond acceptors (Lipinski definition) is 5. The van der Waals surface area contributed by atoms with Crippen LogP contribution in [0.1, 0.15) is 13.3 Å². The third-order valence-corrected chi connectivity index (χ3v) is 6.08. The van der Waals surface area contributed by atoms with E-state index in [-0.39, 0.29) is 18.2 Å². The molecule has 1 saturated heterocycles. The van der Waals surface area contributed by atoms with Crippen molar-refractivity contribution >= 4 is 63.3 Å². The molecule has 0 spiro atoms. The van der Waals surface area contributed by atoms with E-state index in [1.165, 1.54) is 16.7 Å². The van der Waals surface area contributed by atoms with Crippen molar-refractivity contribution < 1.29 is 14.3 Å². The molecule has 9 heteroatoms. The molecule has 0 aliphatic carbocycles. The molecule has 1 atom stereocenters. The zero-order valence-corrected chi connectivity index (χ0v) is 18.1. The summed E-state index contributed by atoms with van der Waals surface area (Å²) in [7, 11) is 1.63. The van der Waals surface area contributed by atoms with Gasteiger partial charge < -0.3 is 10.1 Å². The van der Waals surface area contributed by atoms with Crippen LogP contribution in [0.4, 0.5) is 11.4 Å². The molecular weight excluding hydrogens is 433 g/mol. The smallest absolute Gasteiger partial charge is 0.238 e. The normalized spacial score (nSPS) is 18.1. The van der Waals surface area contributed by atoms with E-state index in [2.05, 4.69) is 10.3 Å². The zero-order chi connectivity index (χ0) is 21.0. The van der Waals surface area contributed by atoms with E-state index in [1.54, 1.807) is 43.4 Å². The van der Waals surface area contributed by atoms with Crippen LogP contribution in [0.15, 0.2) is 47.5 Å². The maximum absolute atomic E-state index is 12.7. The van der Waals surface area contributed by atoms with Crippen molar-refractivity contribution in [1.29, 1.82) is 0 Å². The van der Waals surface area contributed by atoms with Crippen molar-refractivity contribution in [1.82, 2.24) is 4.90 Å². The highest BCUT2D eigenvalue weighted by Gasteiger charge is 2.34. The molecule has 1 aliphatic heterocycles. The van der Waals surface area contributed by atoms with Gasteiger partial charge >= 0.3 is 0 Å². The fourth-order valence-electron chi connectivity index (χ4n) is 2.62. The molecule has 0 aromatic heterocycles. The van der Waals surface area contributed by atoms with Crippen LogP contribution < -0.4 is 10.1 Å². The maximum atomic E-state index is 12.7. The molecule has 2 aromatic rings. The Morgan fingerprint density at radius 3 is 2.79 bits per heavy atom. The van der Waals surface area contributed by atoms with Gasteiger partial charge in [-0.3, -0.25) is 14.5 Å². The molecule has 2 aromatic carbocycles. The van der Waals surface area contributed by atoms with Gasteiger partial charge in [0.2, 0.25) is 11.8 Å². The van der Waals surface area contributed by atoms with Gasteiger partial charge in [-0.2, -0.15) is 0 Å². The van der Waals surface area contributed by atoms with Crippen molar-refractivity contribution in [2.45, 2.75) is 18.6 Å². The van der Waals surface area contributed by atoms with E-state index < -0.39 is 5.25 Å². The molecule has 1 aliphatic rings. The molecule has 1 fully saturated rings. The number of nitrogens with zero attached hydrogens (tertiary/aromatic N) is 2. The fourth-order valence-corrected chi connectivity index (χ4v) is 3.97. The van der Waals surface area contributed by atoms with Gasteiger partial charge in [0.15, 0.2) is 5.17 Å². The summed E-state index contributed by atoms with van der Waals surface area (Å²) in [5.74, 6) is 0.206. The number of aliphatic imine (C=N–C) groups is 1. The fraction of sp³-hybridized carbons (Fsp3) is 0.250. The quantitative estimate of drug-likeness (QED) is 0.695. The van der Waals surface area contributed by atoms with Crippen LogP contribution >= 0.6 is 35.0 Å². The summed E-state index contributed by atoms with van der Waals surface area (Å²) in [6.45, 7) is 2.42. The first-order valence-electron chi connectivity index (χ1n) is 8.88. The van der Waals surface area contributed by atoms with Crippen molar-refractivity contribution in [3.05, 3.63) is 52.5 Å². The van der Waals surface area contributed by atoms with Gasteiger partial charge in [0.25, 0.3) is 0 Å². The van der Waals surface area contributed by atoms with E-state index in [1.807, 2.05) is 13.0 Å². The largest absolute Gasteiger partial charge is 0.494 e. The number of carbonyl (C=O) groups is 2. The van der Waals surface area contributed by atoms with E-state index in [0.29, 0.717) is 38.9 Å². The number of carbonyl (C=O) groups excluding carboxylic acids is 2. The Morgan fingerprint density at radius 1 is 1.28 bits per heavy atom. The molecule has 152 valence electrons. The maximum Gasteiger partial charge on any atom is 0.238 e. The third-order valence-electron chi connectivity index (χ3n) is 4.10. The number of ether oxygens (including phenoxy) is 1. The Hall–Kier alpha value is -2.22. The van der Waals surface area contributed by atoms with Gasteiger partial charge in [-0.15, -0.1) is 0 Å². The number of anilines is 1. The topological polar surface area (TPSA) is 71.0 Å². The molecule has 1 heterocycles. The lowest BCUT2D eigenvalue weighted by Gasteiger charge is -2.28. The van der Waals surface area contributed by atoms with E-state index >= 15 is 0 Å². The average Bonchev–Trinajstić information content (AvgIpc) is 2.68. The van der Waals surface area contributed by atoms with Gasteiger partial charge in [-0.25, -0.2) is 4.99 Å². The summed E-state index contributed by atoms with van der Waals surface area (Å²) in [4.78, 5) is 31.1. The van der Waals surface area contributed by atoms with Crippen LogP contribution in [0.2, 0.25) is 10.0 Å². The Kier molecular flexibility index (Phi) is 7.05. The lowest BCUT2D eigenvalue weighted by Crippen LogP contribution is -2.43.